The van der Waals surface area contributed by atoms with Crippen LogP contribution in [0.4, 0.5) is 0 Å². The second kappa shape index (κ2) is 24.4. The summed E-state index contributed by atoms with van der Waals surface area (Å²) in [5.74, 6) is 0. The first-order valence-corrected chi connectivity index (χ1v) is 15.7. The number of aliphatic hydroxyl groups excluding tert-OH is 1. The number of quaternary nitrogens is 1. The Labute approximate surface area is 216 Å². The van der Waals surface area contributed by atoms with Crippen LogP contribution in [-0.4, -0.2) is 36.0 Å². The van der Waals surface area contributed by atoms with Gasteiger partial charge in [0.05, 0.1) is 14.1 Å². The fourth-order valence-corrected chi connectivity index (χ4v) is 5.19. The molecule has 0 heterocycles. The molecule has 0 saturated carbocycles. The Kier molecular flexibility index (Phi) is 24.1. The lowest BCUT2D eigenvalue weighted by Crippen LogP contribution is -2.54. The summed E-state index contributed by atoms with van der Waals surface area (Å²) in [7, 11) is 4.44. The van der Waals surface area contributed by atoms with Crippen LogP contribution in [-0.2, 0) is 0 Å². The number of hydrogen-bond acceptors (Lipinski definition) is 1. The van der Waals surface area contributed by atoms with Gasteiger partial charge in [0, 0.05) is 12.8 Å². The molecular weight excluding hydrogens is 414 g/mol. The van der Waals surface area contributed by atoms with Crippen molar-refractivity contribution in [3.05, 3.63) is 12.2 Å². The van der Waals surface area contributed by atoms with Gasteiger partial charge in [0.25, 0.3) is 0 Å². The van der Waals surface area contributed by atoms with Crippen molar-refractivity contribution in [2.24, 2.45) is 0 Å². The largest absolute Gasteiger partial charge is 0.345 e. The second-order valence-electron chi connectivity index (χ2n) is 11.5. The minimum absolute atomic E-state index is 0.268. The number of rotatable bonds is 26. The minimum Gasteiger partial charge on any atom is -0.345 e. The van der Waals surface area contributed by atoms with Crippen LogP contribution in [0.3, 0.4) is 0 Å². The van der Waals surface area contributed by atoms with Crippen molar-refractivity contribution in [3.8, 4) is 0 Å². The standard InChI is InChI=1S/C32H66NO/c1-6-9-11-13-15-17-19-20-22-24-26-28-30-31(33(4,5)32(34)8-3)29-27-25-23-21-18-16-14-12-10-7-2/h28,30-32,34H,6-27,29H2,1-5H3/q+1. The van der Waals surface area contributed by atoms with Gasteiger partial charge in [-0.1, -0.05) is 142 Å². The number of allylic oxidation sites excluding steroid dienone is 1. The van der Waals surface area contributed by atoms with Crippen molar-refractivity contribution in [1.29, 1.82) is 0 Å². The van der Waals surface area contributed by atoms with Crippen molar-refractivity contribution in [1.82, 2.24) is 0 Å². The highest BCUT2D eigenvalue weighted by Gasteiger charge is 2.31. The molecule has 34 heavy (non-hydrogen) atoms. The first-order valence-electron chi connectivity index (χ1n) is 15.7. The fraction of sp³-hybridized carbons (Fsp3) is 0.938. The van der Waals surface area contributed by atoms with Crippen LogP contribution in [0.15, 0.2) is 12.2 Å². The smallest absolute Gasteiger partial charge is 0.190 e. The molecule has 1 N–H and O–H groups in total. The van der Waals surface area contributed by atoms with Crippen LogP contribution in [0.1, 0.15) is 168 Å². The lowest BCUT2D eigenvalue weighted by Gasteiger charge is -2.40. The molecule has 0 rings (SSSR count). The van der Waals surface area contributed by atoms with Gasteiger partial charge in [0.2, 0.25) is 0 Å². The van der Waals surface area contributed by atoms with Gasteiger partial charge in [-0.2, -0.15) is 0 Å². The molecule has 2 atom stereocenters. The lowest BCUT2D eigenvalue weighted by molar-refractivity contribution is -0.953. The number of aliphatic hydroxyl groups is 1. The van der Waals surface area contributed by atoms with E-state index in [1.165, 1.54) is 141 Å². The highest BCUT2D eigenvalue weighted by Crippen LogP contribution is 2.22. The summed E-state index contributed by atoms with van der Waals surface area (Å²) in [6.07, 6.45) is 35.7. The van der Waals surface area contributed by atoms with Crippen molar-refractivity contribution < 1.29 is 9.59 Å². The topological polar surface area (TPSA) is 20.2 Å². The van der Waals surface area contributed by atoms with E-state index in [2.05, 4.69) is 47.0 Å². The van der Waals surface area contributed by atoms with Gasteiger partial charge < -0.3 is 5.11 Å². The summed E-state index contributed by atoms with van der Waals surface area (Å²) in [5, 5.41) is 10.6. The van der Waals surface area contributed by atoms with Crippen LogP contribution in [0, 0.1) is 0 Å². The zero-order valence-corrected chi connectivity index (χ0v) is 24.5. The second-order valence-corrected chi connectivity index (χ2v) is 11.5. The molecule has 204 valence electrons. The van der Waals surface area contributed by atoms with E-state index in [1.54, 1.807) is 0 Å². The summed E-state index contributed by atoms with van der Waals surface area (Å²) >= 11 is 0. The lowest BCUT2D eigenvalue weighted by atomic mass is 10.0. The van der Waals surface area contributed by atoms with Gasteiger partial charge in [-0.25, -0.2) is 0 Å². The van der Waals surface area contributed by atoms with E-state index in [9.17, 15) is 5.11 Å². The Morgan fingerprint density at radius 2 is 0.941 bits per heavy atom. The monoisotopic (exact) mass is 481 g/mol. The fourth-order valence-electron chi connectivity index (χ4n) is 5.19. The van der Waals surface area contributed by atoms with Crippen molar-refractivity contribution >= 4 is 0 Å². The molecule has 0 fully saturated rings. The maximum Gasteiger partial charge on any atom is 0.190 e. The molecule has 2 nitrogen and oxygen atoms in total. The van der Waals surface area contributed by atoms with Gasteiger partial charge in [0.15, 0.2) is 6.23 Å². The average Bonchev–Trinajstić information content (AvgIpc) is 2.83. The molecule has 0 spiro atoms. The molecule has 0 amide bonds. The Bertz CT molecular complexity index is 431. The third-order valence-electron chi connectivity index (χ3n) is 7.92. The van der Waals surface area contributed by atoms with Crippen molar-refractivity contribution in [2.45, 2.75) is 181 Å². The van der Waals surface area contributed by atoms with Crippen LogP contribution >= 0.6 is 0 Å². The third kappa shape index (κ3) is 18.9. The summed E-state index contributed by atoms with van der Waals surface area (Å²) < 4.78 is 0.711. The van der Waals surface area contributed by atoms with E-state index in [0.717, 1.165) is 6.42 Å². The molecule has 0 aromatic carbocycles. The quantitative estimate of drug-likeness (QED) is 0.0565. The minimum atomic E-state index is -0.268. The first kappa shape index (κ1) is 33.7. The van der Waals surface area contributed by atoms with Gasteiger partial charge in [-0.05, 0) is 25.3 Å². The molecule has 0 aliphatic rings. The number of nitrogens with zero attached hydrogens (tertiary/aromatic N) is 1. The number of unbranched alkanes of at least 4 members (excludes halogenated alkanes) is 19. The molecule has 0 aromatic heterocycles. The molecule has 0 aliphatic carbocycles. The summed E-state index contributed by atoms with van der Waals surface area (Å²) in [6.45, 7) is 6.69. The third-order valence-corrected chi connectivity index (χ3v) is 7.92. The Balaban J connectivity index is 4.10. The molecule has 0 saturated heterocycles. The molecule has 0 radical (unpaired) electrons. The van der Waals surface area contributed by atoms with E-state index in [4.69, 9.17) is 0 Å². The van der Waals surface area contributed by atoms with Gasteiger partial charge in [-0.15, -0.1) is 0 Å². The van der Waals surface area contributed by atoms with Gasteiger partial charge >= 0.3 is 0 Å². The van der Waals surface area contributed by atoms with E-state index in [-0.39, 0.29) is 6.23 Å². The van der Waals surface area contributed by atoms with E-state index in [1.807, 2.05) is 0 Å². The van der Waals surface area contributed by atoms with Crippen molar-refractivity contribution in [2.75, 3.05) is 14.1 Å². The maximum absolute atomic E-state index is 10.6. The highest BCUT2D eigenvalue weighted by atomic mass is 16.3. The molecule has 0 aliphatic heterocycles. The normalized spacial score (nSPS) is 14.2. The predicted molar refractivity (Wildman–Crippen MR) is 154 cm³/mol. The average molecular weight is 481 g/mol. The van der Waals surface area contributed by atoms with Crippen LogP contribution in [0.5, 0.6) is 0 Å². The highest BCUT2D eigenvalue weighted by molar-refractivity contribution is 4.90. The van der Waals surface area contributed by atoms with Gasteiger partial charge in [0.1, 0.15) is 6.04 Å². The zero-order chi connectivity index (χ0) is 25.3. The van der Waals surface area contributed by atoms with Crippen LogP contribution < -0.4 is 0 Å². The van der Waals surface area contributed by atoms with Gasteiger partial charge in [-0.3, -0.25) is 4.48 Å². The molecule has 0 aromatic rings. The summed E-state index contributed by atoms with van der Waals surface area (Å²) in [6, 6.07) is 0.437. The SMILES string of the molecule is CCCCCCCCCCCCC=CC(CCCCCCCCCCCC)[N+](C)(C)C(O)CC. The summed E-state index contributed by atoms with van der Waals surface area (Å²) in [5.41, 5.74) is 0. The Morgan fingerprint density at radius 3 is 1.35 bits per heavy atom. The molecular formula is C32H66NO+. The van der Waals surface area contributed by atoms with Crippen molar-refractivity contribution in [3.63, 3.8) is 0 Å². The Hall–Kier alpha value is -0.340. The molecule has 2 unspecified atom stereocenters. The van der Waals surface area contributed by atoms with E-state index < -0.39 is 0 Å². The van der Waals surface area contributed by atoms with Crippen LogP contribution in [0.25, 0.3) is 0 Å². The summed E-state index contributed by atoms with van der Waals surface area (Å²) in [4.78, 5) is 0. The predicted octanol–water partition coefficient (Wildman–Crippen LogP) is 10.3. The van der Waals surface area contributed by atoms with E-state index in [0.29, 0.717) is 10.5 Å². The number of hydrogen-bond donors (Lipinski definition) is 1. The maximum atomic E-state index is 10.6. The number of likely N-dealkylation sites (N-methyl/N-ethyl adjacent to an activating group) is 1. The zero-order valence-electron chi connectivity index (χ0n) is 24.5. The molecule has 0 bridgehead atoms. The Morgan fingerprint density at radius 1 is 0.559 bits per heavy atom. The van der Waals surface area contributed by atoms with E-state index >= 15 is 0 Å². The first-order chi connectivity index (χ1) is 16.5. The molecule has 2 heteroatoms. The van der Waals surface area contributed by atoms with Crippen LogP contribution in [0.2, 0.25) is 0 Å².